The summed E-state index contributed by atoms with van der Waals surface area (Å²) < 4.78 is 21.3. The topological polar surface area (TPSA) is 145 Å². The summed E-state index contributed by atoms with van der Waals surface area (Å²) in [5.41, 5.74) is 6.94. The van der Waals surface area contributed by atoms with Crippen molar-refractivity contribution in [3.8, 4) is 17.4 Å². The Balaban J connectivity index is 1.29. The number of carbonyl (C=O) groups is 3. The molecule has 0 spiro atoms. The largest absolute Gasteiger partial charge is 0.496 e. The number of pyridine rings is 1. The van der Waals surface area contributed by atoms with Crippen LogP contribution in [0.25, 0.3) is 10.9 Å². The van der Waals surface area contributed by atoms with Crippen molar-refractivity contribution in [2.75, 3.05) is 13.7 Å². The molecule has 0 radical (unpaired) electrons. The summed E-state index contributed by atoms with van der Waals surface area (Å²) >= 11 is 1.44. The molecule has 1 saturated heterocycles. The van der Waals surface area contributed by atoms with E-state index in [2.05, 4.69) is 29.1 Å². The zero-order chi connectivity index (χ0) is 34.2. The molecule has 4 N–H and O–H groups in total. The highest BCUT2D eigenvalue weighted by atomic mass is 32.2. The van der Waals surface area contributed by atoms with Crippen molar-refractivity contribution in [2.45, 2.75) is 120 Å². The van der Waals surface area contributed by atoms with Crippen molar-refractivity contribution in [2.24, 2.45) is 11.7 Å². The van der Waals surface area contributed by atoms with Crippen molar-refractivity contribution in [3.05, 3.63) is 35.9 Å². The minimum Gasteiger partial charge on any atom is -0.496 e. The molecule has 5 atom stereocenters. The molecule has 11 nitrogen and oxygen atoms in total. The number of nitrogens with two attached hydrogens (primary N) is 1. The van der Waals surface area contributed by atoms with Crippen LogP contribution < -0.4 is 30.0 Å². The number of amides is 3. The molecule has 1 aromatic carbocycles. The van der Waals surface area contributed by atoms with Gasteiger partial charge in [-0.3, -0.25) is 19.1 Å². The molecule has 1 unspecified atom stereocenters. The number of rotatable bonds is 8. The number of aromatic nitrogens is 1. The number of nitrogens with one attached hydrogen (secondary N) is 2. The summed E-state index contributed by atoms with van der Waals surface area (Å²) in [6.07, 6.45) is 10.6. The Hall–Kier alpha value is -3.51. The number of hydrogen-bond donors (Lipinski definition) is 3. The predicted octanol–water partition coefficient (Wildman–Crippen LogP) is 4.73. The molecule has 0 bridgehead atoms. The average molecular weight is 680 g/mol. The van der Waals surface area contributed by atoms with E-state index < -0.39 is 23.7 Å². The van der Waals surface area contributed by atoms with Crippen LogP contribution in [0.15, 0.2) is 30.4 Å². The van der Waals surface area contributed by atoms with Crippen LogP contribution in [0.3, 0.4) is 0 Å². The molecule has 2 saturated carbocycles. The number of aryl methyl sites for hydroxylation is 1. The van der Waals surface area contributed by atoms with E-state index in [0.717, 1.165) is 49.5 Å². The second-order valence-corrected chi connectivity index (χ2v) is 15.7. The first-order valence-corrected chi connectivity index (χ1v) is 18.1. The maximum Gasteiger partial charge on any atom is 0.256 e. The lowest BCUT2D eigenvalue weighted by atomic mass is 10.1. The quantitative estimate of drug-likeness (QED) is 0.267. The van der Waals surface area contributed by atoms with Crippen LogP contribution in [0.5, 0.6) is 17.4 Å². The predicted molar refractivity (Wildman–Crippen MR) is 186 cm³/mol. The molecule has 2 aromatic rings. The van der Waals surface area contributed by atoms with Gasteiger partial charge in [-0.25, -0.2) is 4.98 Å². The fourth-order valence-corrected chi connectivity index (χ4v) is 7.58. The minimum absolute atomic E-state index is 0.0482. The van der Waals surface area contributed by atoms with Gasteiger partial charge < -0.3 is 30.2 Å². The molecule has 2 aliphatic carbocycles. The first-order chi connectivity index (χ1) is 22.9. The molecule has 6 rings (SSSR count). The van der Waals surface area contributed by atoms with Crippen molar-refractivity contribution in [1.29, 1.82) is 0 Å². The average Bonchev–Trinajstić information content (AvgIpc) is 3.92. The number of fused-ring (bicyclic) bond motifs is 3. The molecule has 4 aliphatic rings. The second kappa shape index (κ2) is 13.8. The van der Waals surface area contributed by atoms with Gasteiger partial charge >= 0.3 is 0 Å². The Morgan fingerprint density at radius 3 is 2.71 bits per heavy atom. The van der Waals surface area contributed by atoms with Crippen molar-refractivity contribution in [1.82, 2.24) is 19.9 Å². The third kappa shape index (κ3) is 7.24. The van der Waals surface area contributed by atoms with Gasteiger partial charge in [0.15, 0.2) is 0 Å². The van der Waals surface area contributed by atoms with Gasteiger partial charge in [0.05, 0.1) is 31.3 Å². The smallest absolute Gasteiger partial charge is 0.256 e. The van der Waals surface area contributed by atoms with Crippen LogP contribution >= 0.6 is 11.9 Å². The summed E-state index contributed by atoms with van der Waals surface area (Å²) in [6, 6.07) is 3.95. The fraction of sp³-hybridized carbons (Fsp3) is 0.611. The van der Waals surface area contributed by atoms with Crippen LogP contribution in [0, 0.1) is 12.8 Å². The van der Waals surface area contributed by atoms with Crippen molar-refractivity contribution < 1.29 is 28.6 Å². The zero-order valence-corrected chi connectivity index (χ0v) is 29.5. The Morgan fingerprint density at radius 2 is 1.98 bits per heavy atom. The molecule has 2 aliphatic heterocycles. The van der Waals surface area contributed by atoms with E-state index in [9.17, 15) is 14.4 Å². The lowest BCUT2D eigenvalue weighted by Crippen LogP contribution is -2.56. The van der Waals surface area contributed by atoms with Crippen LogP contribution in [0.4, 0.5) is 0 Å². The van der Waals surface area contributed by atoms with E-state index in [4.69, 9.17) is 24.9 Å². The van der Waals surface area contributed by atoms with Gasteiger partial charge in [0.1, 0.15) is 29.2 Å². The number of hydrogen-bond acceptors (Lipinski definition) is 9. The summed E-state index contributed by atoms with van der Waals surface area (Å²) in [5, 5.41) is 3.89. The lowest BCUT2D eigenvalue weighted by Gasteiger charge is -2.28. The third-order valence-electron chi connectivity index (χ3n) is 10.0. The van der Waals surface area contributed by atoms with Crippen LogP contribution in [0.2, 0.25) is 0 Å². The highest BCUT2D eigenvalue weighted by molar-refractivity contribution is 7.99. The SMILES string of the molecule is COc1ccc2c(O[C@@H]3C[C@H]4C(=O)N[C@]5(C(=O)NSC6(C)CC6)CC5/C=C\CCCCC[C@H](N)C(=O)N4C3)cc(OC(C)C)nc2c1C. The van der Waals surface area contributed by atoms with Crippen LogP contribution in [-0.4, -0.2) is 75.8 Å². The van der Waals surface area contributed by atoms with E-state index in [1.54, 1.807) is 18.1 Å². The van der Waals surface area contributed by atoms with Gasteiger partial charge in [-0.05, 0) is 90.3 Å². The Labute approximate surface area is 287 Å². The zero-order valence-electron chi connectivity index (χ0n) is 28.7. The van der Waals surface area contributed by atoms with Gasteiger partial charge in [0.2, 0.25) is 17.7 Å². The number of nitrogens with zero attached hydrogens (tertiary/aromatic N) is 2. The molecule has 48 heavy (non-hydrogen) atoms. The first kappa shape index (κ1) is 34.4. The second-order valence-electron chi connectivity index (χ2n) is 14.3. The maximum atomic E-state index is 14.2. The Kier molecular flexibility index (Phi) is 9.86. The Morgan fingerprint density at radius 1 is 1.19 bits per heavy atom. The van der Waals surface area contributed by atoms with Gasteiger partial charge in [-0.1, -0.05) is 25.0 Å². The monoisotopic (exact) mass is 679 g/mol. The number of carbonyl (C=O) groups excluding carboxylic acids is 3. The first-order valence-electron chi connectivity index (χ1n) is 17.3. The molecule has 3 heterocycles. The summed E-state index contributed by atoms with van der Waals surface area (Å²) in [5.74, 6) is 0.699. The molecule has 3 amide bonds. The van der Waals surface area contributed by atoms with Gasteiger partial charge in [-0.15, -0.1) is 0 Å². The van der Waals surface area contributed by atoms with E-state index in [1.807, 2.05) is 32.9 Å². The van der Waals surface area contributed by atoms with Gasteiger partial charge in [0, 0.05) is 34.1 Å². The van der Waals surface area contributed by atoms with Gasteiger partial charge in [0.25, 0.3) is 5.91 Å². The van der Waals surface area contributed by atoms with Gasteiger partial charge in [-0.2, -0.15) is 0 Å². The standard InChI is InChI=1S/C36H49N5O6S/c1-21(2)46-30-18-29(25-13-14-28(45-5)22(3)31(25)38-30)47-24-17-27-32(42)39-36(34(44)40-48-35(4)15-16-35)19-23(36)11-9-7-6-8-10-12-26(37)33(43)41(27)20-24/h9,11,13-14,18,21,23-24,26-27H,6-8,10,12,15-17,19-20,37H2,1-5H3,(H,39,42)(H,40,44)/b11-9-/t23?,24-,26+,27+,36-/m1/s1. The molecule has 260 valence electrons. The summed E-state index contributed by atoms with van der Waals surface area (Å²) in [7, 11) is 1.62. The van der Waals surface area contributed by atoms with E-state index >= 15 is 0 Å². The normalized spacial score (nSPS) is 29.2. The lowest BCUT2D eigenvalue weighted by molar-refractivity contribution is -0.140. The van der Waals surface area contributed by atoms with Crippen molar-refractivity contribution >= 4 is 40.6 Å². The van der Waals surface area contributed by atoms with Crippen molar-refractivity contribution in [3.63, 3.8) is 0 Å². The third-order valence-corrected chi connectivity index (χ3v) is 11.2. The maximum absolute atomic E-state index is 14.2. The minimum atomic E-state index is -1.05. The van der Waals surface area contributed by atoms with E-state index in [1.165, 1.54) is 11.9 Å². The molecule has 12 heteroatoms. The van der Waals surface area contributed by atoms with E-state index in [0.29, 0.717) is 35.7 Å². The number of allylic oxidation sites excluding steroid dienone is 1. The highest BCUT2D eigenvalue weighted by Crippen LogP contribution is 2.49. The molecular formula is C36H49N5O6S. The van der Waals surface area contributed by atoms with Crippen LogP contribution in [0.1, 0.15) is 84.1 Å². The molecular weight excluding hydrogens is 630 g/mol. The Bertz CT molecular complexity index is 1590. The van der Waals surface area contributed by atoms with Crippen LogP contribution in [-0.2, 0) is 14.4 Å². The number of benzene rings is 1. The summed E-state index contributed by atoms with van der Waals surface area (Å²) in [4.78, 5) is 48.0. The van der Waals surface area contributed by atoms with E-state index in [-0.39, 0.29) is 47.5 Å². The fourth-order valence-electron chi connectivity index (χ4n) is 6.76. The number of ether oxygens (including phenoxy) is 3. The highest BCUT2D eigenvalue weighted by Gasteiger charge is 2.61. The molecule has 3 fully saturated rings. The summed E-state index contributed by atoms with van der Waals surface area (Å²) in [6.45, 7) is 8.10. The molecule has 1 aromatic heterocycles. The number of methoxy groups -OCH3 is 1.